The van der Waals surface area contributed by atoms with E-state index in [1.807, 2.05) is 33.9 Å². The number of hydrogen-bond acceptors (Lipinski definition) is 15. The van der Waals surface area contributed by atoms with Gasteiger partial charge in [-0.15, -0.1) is 11.8 Å². The van der Waals surface area contributed by atoms with Crippen LogP contribution in [0.4, 0.5) is 0 Å². The molecule has 1 spiro atoms. The molecule has 57 heavy (non-hydrogen) atoms. The standard InChI is InChI=1S/C42H46N4O10S/c1-7-8-29(48)56-37-20(3)38-39(55-18-54-38)31-26-16-53-41(50)42(23-14-28(51-5)27(47)13-21(23)9-10-44-42)17-57-40(32(31)37)34-33-30-22(11-19(2)36(52-6)35(30)49)12-24(45(33)4)25(15-43)46(26)34/h11,13-14,24-26,33-34,40,44,47,49H,7-10,12,16-18H2,1-6H3/t24?,25-,26-,33?,34?,40+,42+/m0/s1. The summed E-state index contributed by atoms with van der Waals surface area (Å²) in [6.45, 7) is 5.88. The van der Waals surface area contributed by atoms with Crippen LogP contribution in [0.3, 0.4) is 0 Å². The van der Waals surface area contributed by atoms with Crippen molar-refractivity contribution in [2.24, 2.45) is 0 Å². The lowest BCUT2D eigenvalue weighted by Gasteiger charge is -2.62. The lowest BCUT2D eigenvalue weighted by Crippen LogP contribution is -2.69. The molecule has 2 fully saturated rings. The molecule has 10 rings (SSSR count). The molecule has 0 radical (unpaired) electrons. The number of nitrogens with zero attached hydrogens (tertiary/aromatic N) is 3. The summed E-state index contributed by atoms with van der Waals surface area (Å²) in [4.78, 5) is 32.7. The fraction of sp³-hybridized carbons (Fsp3) is 0.500. The molecule has 3 N–H and O–H groups in total. The van der Waals surface area contributed by atoms with Crippen LogP contribution in [0.25, 0.3) is 0 Å². The topological polar surface area (TPSA) is 172 Å². The summed E-state index contributed by atoms with van der Waals surface area (Å²) in [6.07, 6.45) is 1.83. The number of benzene rings is 3. The van der Waals surface area contributed by atoms with Gasteiger partial charge in [0.1, 0.15) is 18.4 Å². The van der Waals surface area contributed by atoms with Gasteiger partial charge >= 0.3 is 11.9 Å². The summed E-state index contributed by atoms with van der Waals surface area (Å²) < 4.78 is 36.5. The van der Waals surface area contributed by atoms with Gasteiger partial charge in [-0.3, -0.25) is 19.9 Å². The molecule has 3 unspecified atom stereocenters. The number of nitrogens with one attached hydrogen (secondary N) is 1. The van der Waals surface area contributed by atoms with Crippen LogP contribution < -0.4 is 29.0 Å². The summed E-state index contributed by atoms with van der Waals surface area (Å²) in [5.41, 5.74) is 4.48. The molecular weight excluding hydrogens is 753 g/mol. The average Bonchev–Trinajstić information content (AvgIpc) is 3.68. The van der Waals surface area contributed by atoms with Crippen molar-refractivity contribution in [3.63, 3.8) is 0 Å². The number of rotatable bonds is 5. The molecule has 7 atom stereocenters. The molecule has 0 aromatic heterocycles. The van der Waals surface area contributed by atoms with Crippen LogP contribution >= 0.6 is 11.8 Å². The number of aromatic hydroxyl groups is 2. The van der Waals surface area contributed by atoms with Crippen molar-refractivity contribution in [2.45, 2.75) is 87.5 Å². The lowest BCUT2D eigenvalue weighted by atomic mass is 9.71. The van der Waals surface area contributed by atoms with Crippen molar-refractivity contribution >= 4 is 23.7 Å². The maximum atomic E-state index is 14.8. The third-order valence-corrected chi connectivity index (χ3v) is 14.3. The smallest absolute Gasteiger partial charge is 0.331 e. The van der Waals surface area contributed by atoms with Crippen LogP contribution in [0.5, 0.6) is 40.2 Å². The first-order chi connectivity index (χ1) is 27.5. The van der Waals surface area contributed by atoms with Crippen LogP contribution in [-0.2, 0) is 32.7 Å². The second-order valence-electron chi connectivity index (χ2n) is 15.7. The van der Waals surface area contributed by atoms with Gasteiger partial charge in [-0.25, -0.2) is 4.79 Å². The number of carbonyl (C=O) groups is 2. The Labute approximate surface area is 334 Å². The van der Waals surface area contributed by atoms with Gasteiger partial charge in [-0.1, -0.05) is 13.0 Å². The molecule has 7 aliphatic rings. The molecule has 15 heteroatoms. The van der Waals surface area contributed by atoms with E-state index < -0.39 is 46.9 Å². The molecule has 3 aromatic rings. The number of carbonyl (C=O) groups excluding carboxylic acids is 2. The van der Waals surface area contributed by atoms with Gasteiger partial charge < -0.3 is 38.6 Å². The molecule has 7 aliphatic heterocycles. The number of hydrogen-bond donors (Lipinski definition) is 3. The van der Waals surface area contributed by atoms with E-state index in [1.165, 1.54) is 18.9 Å². The second kappa shape index (κ2) is 13.9. The largest absolute Gasteiger partial charge is 0.504 e. The highest BCUT2D eigenvalue weighted by Gasteiger charge is 2.62. The summed E-state index contributed by atoms with van der Waals surface area (Å²) in [5, 5.41) is 37.0. The number of nitriles is 1. The van der Waals surface area contributed by atoms with Crippen molar-refractivity contribution < 1.29 is 48.2 Å². The number of likely N-dealkylation sites (N-methyl/N-ethyl adjacent to an activating group) is 1. The van der Waals surface area contributed by atoms with E-state index in [0.717, 1.165) is 16.7 Å². The Morgan fingerprint density at radius 2 is 1.86 bits per heavy atom. The number of phenolic OH excluding ortho intramolecular Hbond substituents is 2. The number of thioether (sulfide) groups is 1. The predicted molar refractivity (Wildman–Crippen MR) is 207 cm³/mol. The first-order valence-electron chi connectivity index (χ1n) is 19.4. The van der Waals surface area contributed by atoms with Crippen LogP contribution in [0.2, 0.25) is 0 Å². The monoisotopic (exact) mass is 798 g/mol. The minimum Gasteiger partial charge on any atom is -0.504 e. The molecule has 14 nitrogen and oxygen atoms in total. The van der Waals surface area contributed by atoms with E-state index in [1.54, 1.807) is 19.2 Å². The maximum absolute atomic E-state index is 14.8. The van der Waals surface area contributed by atoms with Gasteiger partial charge in [0.15, 0.2) is 40.0 Å². The lowest BCUT2D eigenvalue weighted by molar-refractivity contribution is -0.157. The normalized spacial score (nSPS) is 28.3. The molecule has 0 saturated carbocycles. The minimum absolute atomic E-state index is 0.0216. The fourth-order valence-electron chi connectivity index (χ4n) is 10.4. The number of esters is 2. The molecule has 0 aliphatic carbocycles. The van der Waals surface area contributed by atoms with Crippen molar-refractivity contribution in [3.8, 4) is 46.3 Å². The Balaban J connectivity index is 1.33. The zero-order valence-corrected chi connectivity index (χ0v) is 33.6. The highest BCUT2D eigenvalue weighted by atomic mass is 32.2. The van der Waals surface area contributed by atoms with Crippen LogP contribution in [0.1, 0.15) is 81.6 Å². The molecule has 0 amide bonds. The quantitative estimate of drug-likeness (QED) is 0.238. The molecule has 7 heterocycles. The Kier molecular flexibility index (Phi) is 9.19. The van der Waals surface area contributed by atoms with E-state index >= 15 is 0 Å². The Morgan fingerprint density at radius 1 is 1.07 bits per heavy atom. The second-order valence-corrected chi connectivity index (χ2v) is 16.9. The van der Waals surface area contributed by atoms with E-state index in [0.29, 0.717) is 76.6 Å². The first-order valence-corrected chi connectivity index (χ1v) is 20.4. The van der Waals surface area contributed by atoms with Gasteiger partial charge in [-0.05, 0) is 74.5 Å². The Bertz CT molecular complexity index is 2260. The fourth-order valence-corrected chi connectivity index (χ4v) is 12.1. The first kappa shape index (κ1) is 37.7. The number of aryl methyl sites for hydroxylation is 1. The number of fused-ring (bicyclic) bond motifs is 9. The molecule has 4 bridgehead atoms. The molecule has 3 aromatic carbocycles. The van der Waals surface area contributed by atoms with Crippen molar-refractivity contribution in [1.82, 2.24) is 15.1 Å². The molecule has 300 valence electrons. The molecular formula is C42H46N4O10S. The summed E-state index contributed by atoms with van der Waals surface area (Å²) in [6, 6.07) is 5.31. The van der Waals surface area contributed by atoms with Gasteiger partial charge in [0.2, 0.25) is 6.79 Å². The van der Waals surface area contributed by atoms with E-state index in [9.17, 15) is 25.1 Å². The number of ether oxygens (including phenoxy) is 6. The van der Waals surface area contributed by atoms with Crippen molar-refractivity contribution in [1.29, 1.82) is 5.26 Å². The highest BCUT2D eigenvalue weighted by molar-refractivity contribution is 7.99. The summed E-state index contributed by atoms with van der Waals surface area (Å²) in [7, 11) is 5.01. The predicted octanol–water partition coefficient (Wildman–Crippen LogP) is 4.77. The van der Waals surface area contributed by atoms with E-state index in [-0.39, 0.29) is 48.9 Å². The van der Waals surface area contributed by atoms with Gasteiger partial charge in [0, 0.05) is 53.1 Å². The van der Waals surface area contributed by atoms with E-state index in [2.05, 4.69) is 21.2 Å². The van der Waals surface area contributed by atoms with Crippen LogP contribution in [0.15, 0.2) is 18.2 Å². The minimum atomic E-state index is -1.36. The number of piperazine rings is 1. The average molecular weight is 799 g/mol. The highest BCUT2D eigenvalue weighted by Crippen LogP contribution is 2.64. The van der Waals surface area contributed by atoms with Crippen molar-refractivity contribution in [3.05, 3.63) is 62.7 Å². The van der Waals surface area contributed by atoms with Gasteiger partial charge in [0.05, 0.1) is 37.6 Å². The summed E-state index contributed by atoms with van der Waals surface area (Å²) >= 11 is 1.49. The van der Waals surface area contributed by atoms with E-state index in [4.69, 9.17) is 28.4 Å². The third-order valence-electron chi connectivity index (χ3n) is 12.9. The van der Waals surface area contributed by atoms with Crippen LogP contribution in [0, 0.1) is 25.2 Å². The maximum Gasteiger partial charge on any atom is 0.331 e. The zero-order valence-electron chi connectivity index (χ0n) is 32.8. The summed E-state index contributed by atoms with van der Waals surface area (Å²) in [5.74, 6) is 1.16. The molecule has 2 saturated heterocycles. The SMILES string of the molecule is CCCC(=O)Oc1c(C)c2c(c3c1[C@H]1SC[C@]4(NCCc5cc(O)c(OC)cc54)C(=O)OC[C@@H]3N3C1C1c4c(cc(C)c(OC)c4O)CC([C@@H]3C#N)N1C)OCO2. The van der Waals surface area contributed by atoms with Gasteiger partial charge in [-0.2, -0.15) is 5.26 Å². The zero-order chi connectivity index (χ0) is 40.1. The number of phenols is 2. The third kappa shape index (κ3) is 5.33. The Morgan fingerprint density at radius 3 is 2.60 bits per heavy atom. The Hall–Kier alpha value is -4.88. The number of methoxy groups -OCH3 is 2. The van der Waals surface area contributed by atoms with Crippen LogP contribution in [-0.4, -0.2) is 97.0 Å². The van der Waals surface area contributed by atoms with Crippen molar-refractivity contribution in [2.75, 3.05) is 47.0 Å². The van der Waals surface area contributed by atoms with Gasteiger partial charge in [0.25, 0.3) is 0 Å².